The molecule has 2 N–H and O–H groups in total. The Hall–Kier alpha value is -4.36. The molecule has 1 aliphatic heterocycles. The number of amides is 2. The van der Waals surface area contributed by atoms with Crippen LogP contribution in [0.4, 0.5) is 9.59 Å². The van der Waals surface area contributed by atoms with Gasteiger partial charge in [-0.25, -0.2) is 9.59 Å². The Morgan fingerprint density at radius 1 is 0.604 bits per heavy atom. The molecular formula is C41H48N2O4S. The van der Waals surface area contributed by atoms with Crippen molar-refractivity contribution in [1.82, 2.24) is 10.6 Å². The number of alkyl carbamates (subject to hydrolysis) is 2. The molecule has 4 aromatic rings. The van der Waals surface area contributed by atoms with Gasteiger partial charge in [0.2, 0.25) is 0 Å². The van der Waals surface area contributed by atoms with Crippen molar-refractivity contribution in [2.24, 2.45) is 0 Å². The predicted octanol–water partition coefficient (Wildman–Crippen LogP) is 10.0. The molecule has 0 aliphatic carbocycles. The van der Waals surface area contributed by atoms with Crippen LogP contribution in [0, 0.1) is 0 Å². The third-order valence-corrected chi connectivity index (χ3v) is 9.70. The van der Waals surface area contributed by atoms with Crippen molar-refractivity contribution in [3.63, 3.8) is 0 Å². The first-order chi connectivity index (χ1) is 22.8. The SMILES string of the molecule is C=S1c2ccc(-c3cccc(CCCNC(=O)OC(C)(C)C)c3)cc2-c2cc(-c3cccc(CCCNC(=O)OC(C)(C)C)c3)ccc21. The van der Waals surface area contributed by atoms with Crippen LogP contribution in [0.25, 0.3) is 33.4 Å². The largest absolute Gasteiger partial charge is 0.444 e. The second kappa shape index (κ2) is 14.8. The number of carbonyl (C=O) groups excluding carboxylic acids is 2. The summed E-state index contributed by atoms with van der Waals surface area (Å²) in [5.74, 6) is 4.55. The number of carbonyl (C=O) groups is 2. The van der Waals surface area contributed by atoms with E-state index in [1.54, 1.807) is 0 Å². The summed E-state index contributed by atoms with van der Waals surface area (Å²) in [4.78, 5) is 26.5. The zero-order valence-corrected chi connectivity index (χ0v) is 29.9. The lowest BCUT2D eigenvalue weighted by Crippen LogP contribution is -2.33. The average molecular weight is 665 g/mol. The number of aryl methyl sites for hydroxylation is 2. The standard InChI is InChI=1S/C41H48N2O4S/c1-40(2,3)46-38(44)42-22-10-14-28-12-8-16-30(24-28)32-18-20-36-34(26-32)35-27-33(19-21-37(35)48(36)7)31-17-9-13-29(25-31)15-11-23-43-39(45)47-41(4,5)6/h8-9,12-13,16-21,24-27H,7,10-11,14-15,22-23H2,1-6H3,(H,42,44)(H,43,45). The Morgan fingerprint density at radius 3 is 1.40 bits per heavy atom. The summed E-state index contributed by atoms with van der Waals surface area (Å²) >= 11 is 0. The van der Waals surface area contributed by atoms with Crippen LogP contribution in [-0.2, 0) is 22.3 Å². The normalized spacial score (nSPS) is 12.6. The van der Waals surface area contributed by atoms with E-state index >= 15 is 0 Å². The summed E-state index contributed by atoms with van der Waals surface area (Å²) in [7, 11) is -0.232. The highest BCUT2D eigenvalue weighted by Crippen LogP contribution is 2.53. The average Bonchev–Trinajstić information content (AvgIpc) is 3.30. The van der Waals surface area contributed by atoms with Crippen molar-refractivity contribution >= 4 is 28.5 Å². The Bertz CT molecular complexity index is 1690. The summed E-state index contributed by atoms with van der Waals surface area (Å²) in [6.45, 7) is 12.3. The van der Waals surface area contributed by atoms with E-state index in [0.29, 0.717) is 13.1 Å². The lowest BCUT2D eigenvalue weighted by Gasteiger charge is -2.19. The second-order valence-corrected chi connectivity index (χ2v) is 15.9. The first-order valence-electron chi connectivity index (χ1n) is 16.7. The molecule has 7 heteroatoms. The van der Waals surface area contributed by atoms with Gasteiger partial charge in [0.05, 0.1) is 0 Å². The molecule has 1 heterocycles. The summed E-state index contributed by atoms with van der Waals surface area (Å²) in [5.41, 5.74) is 8.69. The van der Waals surface area contributed by atoms with Gasteiger partial charge in [0.25, 0.3) is 0 Å². The number of ether oxygens (including phenoxy) is 2. The molecule has 0 atom stereocenters. The predicted molar refractivity (Wildman–Crippen MR) is 199 cm³/mol. The van der Waals surface area contributed by atoms with Crippen molar-refractivity contribution in [2.45, 2.75) is 88.2 Å². The summed E-state index contributed by atoms with van der Waals surface area (Å²) in [6.07, 6.45) is 2.64. The van der Waals surface area contributed by atoms with Crippen LogP contribution >= 0.6 is 10.5 Å². The van der Waals surface area contributed by atoms with Crippen LogP contribution in [0.2, 0.25) is 0 Å². The van der Waals surface area contributed by atoms with Crippen molar-refractivity contribution in [3.05, 3.63) is 96.1 Å². The van der Waals surface area contributed by atoms with E-state index in [9.17, 15) is 9.59 Å². The van der Waals surface area contributed by atoms with Crippen LogP contribution in [0.1, 0.15) is 65.5 Å². The quantitative estimate of drug-likeness (QED) is 0.115. The lowest BCUT2D eigenvalue weighted by atomic mass is 9.94. The van der Waals surface area contributed by atoms with Crippen LogP contribution in [0.15, 0.2) is 94.7 Å². The molecule has 0 aromatic heterocycles. The minimum Gasteiger partial charge on any atom is -0.444 e. The van der Waals surface area contributed by atoms with Crippen molar-refractivity contribution in [1.29, 1.82) is 0 Å². The van der Waals surface area contributed by atoms with Gasteiger partial charge < -0.3 is 20.1 Å². The van der Waals surface area contributed by atoms with Gasteiger partial charge in [-0.1, -0.05) is 66.5 Å². The smallest absolute Gasteiger partial charge is 0.407 e. The van der Waals surface area contributed by atoms with Crippen molar-refractivity contribution in [3.8, 4) is 33.4 Å². The van der Waals surface area contributed by atoms with Gasteiger partial charge in [0.15, 0.2) is 0 Å². The minimum absolute atomic E-state index is 0.232. The van der Waals surface area contributed by atoms with Gasteiger partial charge >= 0.3 is 12.2 Å². The summed E-state index contributed by atoms with van der Waals surface area (Å²) in [6, 6.07) is 30.9. The van der Waals surface area contributed by atoms with Crippen molar-refractivity contribution < 1.29 is 19.1 Å². The maximum Gasteiger partial charge on any atom is 0.407 e. The molecule has 252 valence electrons. The highest BCUT2D eigenvalue weighted by molar-refractivity contribution is 8.14. The zero-order chi connectivity index (χ0) is 34.5. The van der Waals surface area contributed by atoms with E-state index in [4.69, 9.17) is 9.47 Å². The van der Waals surface area contributed by atoms with Crippen LogP contribution in [0.5, 0.6) is 0 Å². The van der Waals surface area contributed by atoms with Gasteiger partial charge in [-0.3, -0.25) is 0 Å². The fraction of sp³-hybridized carbons (Fsp3) is 0.341. The first-order valence-corrected chi connectivity index (χ1v) is 18.1. The first kappa shape index (κ1) is 35.0. The molecule has 1 aliphatic rings. The molecule has 0 radical (unpaired) electrons. The number of benzene rings is 4. The Kier molecular flexibility index (Phi) is 10.8. The van der Waals surface area contributed by atoms with E-state index in [0.717, 1.165) is 25.7 Å². The molecular weight excluding hydrogens is 617 g/mol. The molecule has 5 rings (SSSR count). The van der Waals surface area contributed by atoms with E-state index in [1.165, 1.54) is 54.3 Å². The van der Waals surface area contributed by atoms with Crippen LogP contribution in [-0.4, -0.2) is 42.3 Å². The Labute approximate surface area is 288 Å². The molecule has 0 saturated heterocycles. The molecule has 0 spiro atoms. The third-order valence-electron chi connectivity index (χ3n) is 7.92. The Morgan fingerprint density at radius 2 is 1.00 bits per heavy atom. The number of nitrogens with one attached hydrogen (secondary N) is 2. The molecule has 0 fully saturated rings. The fourth-order valence-corrected chi connectivity index (χ4v) is 7.37. The van der Waals surface area contributed by atoms with E-state index in [1.807, 2.05) is 41.5 Å². The summed E-state index contributed by atoms with van der Waals surface area (Å²) in [5, 5.41) is 5.71. The summed E-state index contributed by atoms with van der Waals surface area (Å²) < 4.78 is 10.7. The van der Waals surface area contributed by atoms with Gasteiger partial charge in [-0.2, -0.15) is 0 Å². The van der Waals surface area contributed by atoms with Crippen molar-refractivity contribution in [2.75, 3.05) is 13.1 Å². The molecule has 6 nitrogen and oxygen atoms in total. The molecule has 2 amide bonds. The maximum absolute atomic E-state index is 12.0. The number of rotatable bonds is 10. The lowest BCUT2D eigenvalue weighted by molar-refractivity contribution is 0.0515. The monoisotopic (exact) mass is 664 g/mol. The number of hydrogen-bond donors (Lipinski definition) is 2. The highest BCUT2D eigenvalue weighted by Gasteiger charge is 2.23. The molecule has 4 aromatic carbocycles. The van der Waals surface area contributed by atoms with E-state index < -0.39 is 11.2 Å². The van der Waals surface area contributed by atoms with E-state index in [2.05, 4.69) is 101 Å². The molecule has 0 saturated carbocycles. The van der Waals surface area contributed by atoms with Crippen LogP contribution in [0.3, 0.4) is 0 Å². The topological polar surface area (TPSA) is 76.7 Å². The highest BCUT2D eigenvalue weighted by atomic mass is 32.2. The Balaban J connectivity index is 1.26. The molecule has 0 bridgehead atoms. The van der Waals surface area contributed by atoms with E-state index in [-0.39, 0.29) is 22.7 Å². The van der Waals surface area contributed by atoms with Crippen LogP contribution < -0.4 is 10.6 Å². The van der Waals surface area contributed by atoms with Gasteiger partial charge in [-0.15, -0.1) is 10.5 Å². The number of fused-ring (bicyclic) bond motifs is 3. The van der Waals surface area contributed by atoms with Gasteiger partial charge in [0.1, 0.15) is 11.2 Å². The minimum atomic E-state index is -0.500. The van der Waals surface area contributed by atoms with Gasteiger partial charge in [0, 0.05) is 22.9 Å². The molecule has 0 unspecified atom stereocenters. The third kappa shape index (κ3) is 9.38. The maximum atomic E-state index is 12.0. The zero-order valence-electron chi connectivity index (χ0n) is 29.1. The number of hydrogen-bond acceptors (Lipinski definition) is 4. The molecule has 48 heavy (non-hydrogen) atoms. The fourth-order valence-electron chi connectivity index (χ4n) is 5.80. The van der Waals surface area contributed by atoms with Gasteiger partial charge in [-0.05, 0) is 136 Å². The second-order valence-electron chi connectivity index (χ2n) is 14.3.